The van der Waals surface area contributed by atoms with Crippen LogP contribution >= 0.6 is 23.2 Å². The van der Waals surface area contributed by atoms with Crippen LogP contribution in [0.3, 0.4) is 0 Å². The second-order valence-corrected chi connectivity index (χ2v) is 11.6. The molecule has 32 heavy (non-hydrogen) atoms. The molecule has 2 aromatic rings. The first-order valence-electron chi connectivity index (χ1n) is 10.6. The molecule has 1 saturated heterocycles. The molecule has 1 atom stereocenters. The largest absolute Gasteiger partial charge is 0.326 e. The molecule has 2 aliphatic heterocycles. The summed E-state index contributed by atoms with van der Waals surface area (Å²) >= 11 is 12.7. The van der Waals surface area contributed by atoms with Gasteiger partial charge in [0.1, 0.15) is 0 Å². The Bertz CT molecular complexity index is 1110. The van der Waals surface area contributed by atoms with Gasteiger partial charge in [0.2, 0.25) is 15.9 Å². The maximum absolute atomic E-state index is 12.7. The maximum Gasteiger partial charge on any atom is 0.227 e. The number of carbonyl (C=O) groups excluding carboxylic acids is 1. The lowest BCUT2D eigenvalue weighted by Crippen LogP contribution is -2.40. The number of hydrogen-bond acceptors (Lipinski definition) is 4. The molecule has 2 heterocycles. The first-order chi connectivity index (χ1) is 15.1. The summed E-state index contributed by atoms with van der Waals surface area (Å²) in [7, 11) is -1.12. The van der Waals surface area contributed by atoms with Gasteiger partial charge >= 0.3 is 0 Å². The molecule has 0 radical (unpaired) electrons. The van der Waals surface area contributed by atoms with E-state index in [0.717, 1.165) is 35.5 Å². The van der Waals surface area contributed by atoms with Gasteiger partial charge in [-0.3, -0.25) is 4.79 Å². The maximum atomic E-state index is 12.7. The minimum atomic E-state index is -3.20. The molecule has 0 aromatic heterocycles. The summed E-state index contributed by atoms with van der Waals surface area (Å²) in [6.07, 6.45) is 2.27. The summed E-state index contributed by atoms with van der Waals surface area (Å²) < 4.78 is 24.8. The van der Waals surface area contributed by atoms with Crippen molar-refractivity contribution >= 4 is 44.8 Å². The Kier molecular flexibility index (Phi) is 6.84. The first-order valence-corrected chi connectivity index (χ1v) is 13.2. The number of nitrogens with zero attached hydrogens (tertiary/aromatic N) is 2. The van der Waals surface area contributed by atoms with Crippen LogP contribution in [0.25, 0.3) is 0 Å². The number of likely N-dealkylation sites (N-methyl/N-ethyl adjacent to an activating group) is 1. The van der Waals surface area contributed by atoms with Gasteiger partial charge in [0.25, 0.3) is 0 Å². The van der Waals surface area contributed by atoms with Gasteiger partial charge in [-0.05, 0) is 60.8 Å². The van der Waals surface area contributed by atoms with Crippen molar-refractivity contribution in [2.45, 2.75) is 25.3 Å². The number of amides is 1. The Morgan fingerprint density at radius 3 is 2.38 bits per heavy atom. The molecule has 1 N–H and O–H groups in total. The third-order valence-corrected chi connectivity index (χ3v) is 8.23. The van der Waals surface area contributed by atoms with Gasteiger partial charge in [-0.25, -0.2) is 12.7 Å². The zero-order valence-electron chi connectivity index (χ0n) is 18.1. The van der Waals surface area contributed by atoms with Gasteiger partial charge in [-0.15, -0.1) is 0 Å². The van der Waals surface area contributed by atoms with Crippen LogP contribution in [-0.4, -0.2) is 56.5 Å². The molecule has 0 saturated carbocycles. The molecular weight excluding hydrogens is 469 g/mol. The molecule has 9 heteroatoms. The van der Waals surface area contributed by atoms with E-state index >= 15 is 0 Å². The van der Waals surface area contributed by atoms with Gasteiger partial charge in [-0.2, -0.15) is 0 Å². The standard InChI is InChI=1S/C23H27Cl2N3O3S/c1-27-13-20(19-11-17(24)12-22(25)21(19)14-27)15-3-5-18(6-4-15)26-23(29)16-7-9-28(10-8-16)32(2,30)31/h3-6,11-12,16,20H,7-10,13-14H2,1-2H3,(H,26,29). The average Bonchev–Trinajstić information content (AvgIpc) is 2.74. The van der Waals surface area contributed by atoms with Crippen molar-refractivity contribution in [2.24, 2.45) is 5.92 Å². The predicted molar refractivity (Wildman–Crippen MR) is 129 cm³/mol. The van der Waals surface area contributed by atoms with Crippen LogP contribution in [0, 0.1) is 5.92 Å². The summed E-state index contributed by atoms with van der Waals surface area (Å²) in [4.78, 5) is 14.9. The van der Waals surface area contributed by atoms with Crippen LogP contribution in [0.15, 0.2) is 36.4 Å². The lowest BCUT2D eigenvalue weighted by atomic mass is 9.84. The summed E-state index contributed by atoms with van der Waals surface area (Å²) in [5.41, 5.74) is 4.12. The topological polar surface area (TPSA) is 69.7 Å². The SMILES string of the molecule is CN1Cc2c(Cl)cc(Cl)cc2C(c2ccc(NC(=O)C3CCN(S(C)(=O)=O)CC3)cc2)C1. The number of carbonyl (C=O) groups is 1. The molecule has 1 fully saturated rings. The van der Waals surface area contributed by atoms with Crippen LogP contribution in [0.5, 0.6) is 0 Å². The van der Waals surface area contributed by atoms with Crippen molar-refractivity contribution in [3.05, 3.63) is 63.1 Å². The number of sulfonamides is 1. The highest BCUT2D eigenvalue weighted by molar-refractivity contribution is 7.88. The fraction of sp³-hybridized carbons (Fsp3) is 0.435. The van der Waals surface area contributed by atoms with Crippen molar-refractivity contribution in [2.75, 3.05) is 38.3 Å². The summed E-state index contributed by atoms with van der Waals surface area (Å²) in [6, 6.07) is 11.7. The molecule has 2 aromatic carbocycles. The van der Waals surface area contributed by atoms with Crippen LogP contribution < -0.4 is 5.32 Å². The Balaban J connectivity index is 1.45. The number of nitrogens with one attached hydrogen (secondary N) is 1. The fourth-order valence-corrected chi connectivity index (χ4v) is 6.07. The normalized spacial score (nSPS) is 20.7. The molecule has 172 valence electrons. The molecule has 0 aliphatic carbocycles. The molecule has 2 aliphatic rings. The molecule has 6 nitrogen and oxygen atoms in total. The molecule has 1 amide bonds. The van der Waals surface area contributed by atoms with E-state index in [9.17, 15) is 13.2 Å². The fourth-order valence-electron chi connectivity index (χ4n) is 4.62. The highest BCUT2D eigenvalue weighted by Gasteiger charge is 2.29. The smallest absolute Gasteiger partial charge is 0.227 e. The minimum absolute atomic E-state index is 0.0628. The van der Waals surface area contributed by atoms with E-state index in [0.29, 0.717) is 36.0 Å². The van der Waals surface area contributed by atoms with Gasteiger partial charge in [0, 0.05) is 53.7 Å². The molecular formula is C23H27Cl2N3O3S. The third kappa shape index (κ3) is 5.13. The summed E-state index contributed by atoms with van der Waals surface area (Å²) in [6.45, 7) is 2.41. The van der Waals surface area contributed by atoms with E-state index in [4.69, 9.17) is 23.2 Å². The van der Waals surface area contributed by atoms with Gasteiger partial charge in [0.15, 0.2) is 0 Å². The molecule has 0 bridgehead atoms. The highest BCUT2D eigenvalue weighted by Crippen LogP contribution is 2.38. The van der Waals surface area contributed by atoms with Crippen molar-refractivity contribution in [1.82, 2.24) is 9.21 Å². The zero-order valence-corrected chi connectivity index (χ0v) is 20.5. The number of anilines is 1. The summed E-state index contributed by atoms with van der Waals surface area (Å²) in [5.74, 6) is -0.104. The van der Waals surface area contributed by atoms with E-state index in [2.05, 4.69) is 17.3 Å². The van der Waals surface area contributed by atoms with Crippen LogP contribution in [0.2, 0.25) is 10.0 Å². The number of benzene rings is 2. The number of fused-ring (bicyclic) bond motifs is 1. The van der Waals surface area contributed by atoms with Crippen molar-refractivity contribution in [3.63, 3.8) is 0 Å². The quantitative estimate of drug-likeness (QED) is 0.690. The van der Waals surface area contributed by atoms with Gasteiger partial charge in [-0.1, -0.05) is 35.3 Å². The number of rotatable bonds is 4. The third-order valence-electron chi connectivity index (χ3n) is 6.37. The second kappa shape index (κ2) is 9.31. The molecule has 4 rings (SSSR count). The number of hydrogen-bond donors (Lipinski definition) is 1. The van der Waals surface area contributed by atoms with Crippen molar-refractivity contribution in [1.29, 1.82) is 0 Å². The van der Waals surface area contributed by atoms with Crippen molar-refractivity contribution < 1.29 is 13.2 Å². The van der Waals surface area contributed by atoms with Gasteiger partial charge < -0.3 is 10.2 Å². The van der Waals surface area contributed by atoms with Crippen molar-refractivity contribution in [3.8, 4) is 0 Å². The lowest BCUT2D eigenvalue weighted by molar-refractivity contribution is -0.120. The first kappa shape index (κ1) is 23.5. The van der Waals surface area contributed by atoms with Crippen LogP contribution in [-0.2, 0) is 21.4 Å². The van der Waals surface area contributed by atoms with E-state index < -0.39 is 10.0 Å². The lowest BCUT2D eigenvalue weighted by Gasteiger charge is -2.33. The average molecular weight is 496 g/mol. The molecule has 1 unspecified atom stereocenters. The van der Waals surface area contributed by atoms with Crippen LogP contribution in [0.4, 0.5) is 5.69 Å². The summed E-state index contributed by atoms with van der Waals surface area (Å²) in [5, 5.41) is 4.31. The van der Waals surface area contributed by atoms with E-state index in [1.165, 1.54) is 10.6 Å². The van der Waals surface area contributed by atoms with E-state index in [-0.39, 0.29) is 17.7 Å². The highest BCUT2D eigenvalue weighted by atomic mass is 35.5. The second-order valence-electron chi connectivity index (χ2n) is 8.75. The van der Waals surface area contributed by atoms with Crippen LogP contribution in [0.1, 0.15) is 35.4 Å². The van der Waals surface area contributed by atoms with Gasteiger partial charge in [0.05, 0.1) is 6.26 Å². The monoisotopic (exact) mass is 495 g/mol. The predicted octanol–water partition coefficient (Wildman–Crippen LogP) is 4.18. The Morgan fingerprint density at radius 2 is 1.75 bits per heavy atom. The number of piperidine rings is 1. The Hall–Kier alpha value is -1.64. The van der Waals surface area contributed by atoms with E-state index in [1.807, 2.05) is 30.3 Å². The minimum Gasteiger partial charge on any atom is -0.326 e. The van der Waals surface area contributed by atoms with E-state index in [1.54, 1.807) is 6.07 Å². The number of halogens is 2. The Labute approximate surface area is 199 Å². The Morgan fingerprint density at radius 1 is 1.09 bits per heavy atom. The molecule has 0 spiro atoms. The zero-order chi connectivity index (χ0) is 23.0.